The predicted molar refractivity (Wildman–Crippen MR) is 159 cm³/mol. The fourth-order valence-corrected chi connectivity index (χ4v) is 5.94. The Morgan fingerprint density at radius 2 is 1.84 bits per heavy atom. The third-order valence-corrected chi connectivity index (χ3v) is 8.82. The Morgan fingerprint density at radius 3 is 2.44 bits per heavy atom. The number of hydrogen-bond acceptors (Lipinski definition) is 7. The van der Waals surface area contributed by atoms with E-state index in [-0.39, 0.29) is 36.4 Å². The lowest BCUT2D eigenvalue weighted by Crippen LogP contribution is -2.65. The van der Waals surface area contributed by atoms with Crippen LogP contribution in [-0.2, 0) is 22.4 Å². The third kappa shape index (κ3) is 6.57. The van der Waals surface area contributed by atoms with Crippen molar-refractivity contribution in [2.75, 3.05) is 0 Å². The molecule has 0 saturated carbocycles. The van der Waals surface area contributed by atoms with Crippen molar-refractivity contribution in [2.24, 2.45) is 17.6 Å². The summed E-state index contributed by atoms with van der Waals surface area (Å²) < 4.78 is 5.30. The normalized spacial score (nSPS) is 19.1. The molecule has 4 amide bonds. The summed E-state index contributed by atoms with van der Waals surface area (Å²) in [6.45, 7) is 7.36. The zero-order valence-corrected chi connectivity index (χ0v) is 25.7. The number of hydrogen-bond donors (Lipinski definition) is 6. The van der Waals surface area contributed by atoms with Crippen molar-refractivity contribution in [3.05, 3.63) is 45.2 Å². The maximum absolute atomic E-state index is 14.4. The fraction of sp³-hybridized carbons (Fsp3) is 0.500. The van der Waals surface area contributed by atoms with Crippen molar-refractivity contribution in [1.29, 1.82) is 0 Å². The zero-order valence-electron chi connectivity index (χ0n) is 24.2. The number of halogens is 2. The van der Waals surface area contributed by atoms with Crippen LogP contribution in [0.15, 0.2) is 16.7 Å². The summed E-state index contributed by atoms with van der Waals surface area (Å²) in [6.07, 6.45) is 0.355. The number of nitrogens with zero attached hydrogens (tertiary/aromatic N) is 2. The molecule has 15 heteroatoms. The molecule has 2 heterocycles. The first-order valence-electron chi connectivity index (χ1n) is 14.0. The third-order valence-electron chi connectivity index (χ3n) is 8.30. The second kappa shape index (κ2) is 12.8. The first-order chi connectivity index (χ1) is 20.3. The summed E-state index contributed by atoms with van der Waals surface area (Å²) in [7, 11) is 0. The molecule has 0 saturated heterocycles. The van der Waals surface area contributed by atoms with Gasteiger partial charge in [-0.15, -0.1) is 0 Å². The summed E-state index contributed by atoms with van der Waals surface area (Å²) in [5.74, 6) is -2.98. The number of nitrogens with two attached hydrogens (primary N) is 1. The van der Waals surface area contributed by atoms with Crippen molar-refractivity contribution < 1.29 is 28.8 Å². The second-order valence-corrected chi connectivity index (χ2v) is 12.0. The minimum atomic E-state index is -1.52. The maximum atomic E-state index is 14.4. The van der Waals surface area contributed by atoms with E-state index in [0.29, 0.717) is 40.2 Å². The molecule has 1 aliphatic carbocycles. The smallest absolute Gasteiger partial charge is 0.405 e. The molecule has 5 atom stereocenters. The monoisotopic (exact) mass is 635 g/mol. The van der Waals surface area contributed by atoms with Gasteiger partial charge in [-0.1, -0.05) is 68.9 Å². The number of H-pyrrole nitrogens is 1. The number of primary amides is 1. The Labute approximate surface area is 257 Å². The van der Waals surface area contributed by atoms with E-state index >= 15 is 0 Å². The van der Waals surface area contributed by atoms with Crippen LogP contribution < -0.4 is 21.7 Å². The molecule has 43 heavy (non-hydrogen) atoms. The van der Waals surface area contributed by atoms with Crippen LogP contribution in [-0.4, -0.2) is 55.6 Å². The quantitative estimate of drug-likeness (QED) is 0.182. The van der Waals surface area contributed by atoms with Gasteiger partial charge in [-0.25, -0.2) is 4.79 Å². The van der Waals surface area contributed by atoms with E-state index in [9.17, 15) is 24.3 Å². The van der Waals surface area contributed by atoms with Crippen LogP contribution in [0.3, 0.4) is 0 Å². The molecular formula is C28H35Cl2N7O6. The summed E-state index contributed by atoms with van der Waals surface area (Å²) in [5, 5.41) is 22.8. The fourth-order valence-electron chi connectivity index (χ4n) is 5.40. The number of carboxylic acid groups (broad SMARTS) is 1. The van der Waals surface area contributed by atoms with Crippen LogP contribution in [0.4, 0.5) is 4.79 Å². The molecule has 4 rings (SSSR count). The second-order valence-electron chi connectivity index (χ2n) is 11.1. The van der Waals surface area contributed by atoms with Crippen molar-refractivity contribution in [1.82, 2.24) is 31.1 Å². The minimum Gasteiger partial charge on any atom is -0.465 e. The van der Waals surface area contributed by atoms with Crippen molar-refractivity contribution in [2.45, 2.75) is 77.4 Å². The summed E-state index contributed by atoms with van der Waals surface area (Å²) in [5.41, 5.74) is 6.04. The highest BCUT2D eigenvalue weighted by Crippen LogP contribution is 2.39. The highest BCUT2D eigenvalue weighted by Gasteiger charge is 2.47. The van der Waals surface area contributed by atoms with Crippen LogP contribution in [0.2, 0.25) is 10.0 Å². The van der Waals surface area contributed by atoms with Gasteiger partial charge in [0, 0.05) is 22.5 Å². The number of carbonyl (C=O) groups is 4. The van der Waals surface area contributed by atoms with Gasteiger partial charge in [0.1, 0.15) is 17.6 Å². The van der Waals surface area contributed by atoms with E-state index in [1.165, 1.54) is 0 Å². The van der Waals surface area contributed by atoms with E-state index in [4.69, 9.17) is 33.5 Å². The molecule has 0 bridgehead atoms. The lowest BCUT2D eigenvalue weighted by atomic mass is 9.78. The van der Waals surface area contributed by atoms with Gasteiger partial charge in [0.2, 0.25) is 17.7 Å². The van der Waals surface area contributed by atoms with Gasteiger partial charge in [0.25, 0.3) is 11.7 Å². The number of aromatic amines is 1. The lowest BCUT2D eigenvalue weighted by molar-refractivity contribution is -0.136. The summed E-state index contributed by atoms with van der Waals surface area (Å²) in [4.78, 5) is 58.7. The number of amides is 4. The Kier molecular flexibility index (Phi) is 9.55. The molecule has 0 radical (unpaired) electrons. The zero-order chi connectivity index (χ0) is 31.6. The lowest BCUT2D eigenvalue weighted by Gasteiger charge is -2.39. The van der Waals surface area contributed by atoms with Gasteiger partial charge >= 0.3 is 6.09 Å². The van der Waals surface area contributed by atoms with Crippen LogP contribution in [0.25, 0.3) is 10.9 Å². The number of carbonyl (C=O) groups excluding carboxylic acids is 3. The van der Waals surface area contributed by atoms with Crippen molar-refractivity contribution >= 4 is 57.9 Å². The van der Waals surface area contributed by atoms with Crippen LogP contribution in [0.1, 0.15) is 80.8 Å². The number of nitrogens with one attached hydrogen (secondary N) is 4. The average Bonchev–Trinajstić information content (AvgIpc) is 3.59. The van der Waals surface area contributed by atoms with Crippen molar-refractivity contribution in [3.8, 4) is 0 Å². The number of aryl methyl sites for hydroxylation is 1. The van der Waals surface area contributed by atoms with Crippen LogP contribution in [0, 0.1) is 11.8 Å². The molecule has 2 unspecified atom stereocenters. The minimum absolute atomic E-state index is 0.00911. The molecule has 1 aromatic carbocycles. The molecule has 2 aromatic heterocycles. The highest BCUT2D eigenvalue weighted by molar-refractivity contribution is 6.38. The molecule has 13 nitrogen and oxygen atoms in total. The van der Waals surface area contributed by atoms with Gasteiger partial charge in [0.05, 0.1) is 10.5 Å². The number of benzene rings is 1. The standard InChI is InChI=1S/C28H35Cl2N7O6/c1-5-12(3)19(34-27(41)42)24(39)36-28(8-7-18-16(11-28)15-9-14(29)10-17(30)21(15)32-18)26(40)33-20(13(4)6-2)25-35-23(22(31)38)37-43-25/h9-10,12-13,19-20,32,34H,5-8,11H2,1-4H3,(H2,31,38)(H,33,40)(H,36,39)(H,41,42)/t12?,13?,19-,20-,28-/m0/s1. The van der Waals surface area contributed by atoms with Gasteiger partial charge in [-0.3, -0.25) is 14.4 Å². The van der Waals surface area contributed by atoms with Gasteiger partial charge in [-0.05, 0) is 42.4 Å². The number of fused-ring (bicyclic) bond motifs is 3. The molecule has 3 aromatic rings. The van der Waals surface area contributed by atoms with Gasteiger partial charge in [0.15, 0.2) is 0 Å². The van der Waals surface area contributed by atoms with E-state index in [1.807, 2.05) is 20.8 Å². The maximum Gasteiger partial charge on any atom is 0.405 e. The molecule has 1 aliphatic rings. The Bertz CT molecular complexity index is 1560. The molecule has 0 fully saturated rings. The first-order valence-corrected chi connectivity index (χ1v) is 14.8. The van der Waals surface area contributed by atoms with E-state index in [1.54, 1.807) is 19.1 Å². The number of aromatic nitrogens is 3. The molecule has 7 N–H and O–H groups in total. The molecule has 0 aliphatic heterocycles. The topological polar surface area (TPSA) is 205 Å². The van der Waals surface area contributed by atoms with Gasteiger partial charge < -0.3 is 36.3 Å². The molecular weight excluding hydrogens is 601 g/mol. The molecule has 232 valence electrons. The van der Waals surface area contributed by atoms with E-state index in [2.05, 4.69) is 31.1 Å². The van der Waals surface area contributed by atoms with E-state index < -0.39 is 41.4 Å². The molecule has 0 spiro atoms. The average molecular weight is 637 g/mol. The first kappa shape index (κ1) is 32.1. The SMILES string of the molecule is CCC(C)[C@H](NC(=O)O)C(=O)N[C@@]1(C(=O)N[C@H](c2nc(C(N)=O)no2)C(C)CC)CCc2[nH]c3c(Cl)cc(Cl)cc3c2C1. The van der Waals surface area contributed by atoms with Crippen LogP contribution in [0.5, 0.6) is 0 Å². The van der Waals surface area contributed by atoms with Gasteiger partial charge in [-0.2, -0.15) is 4.98 Å². The Hall–Kier alpha value is -3.84. The summed E-state index contributed by atoms with van der Waals surface area (Å²) in [6, 6.07) is 1.43. The largest absolute Gasteiger partial charge is 0.465 e. The van der Waals surface area contributed by atoms with Crippen molar-refractivity contribution in [3.63, 3.8) is 0 Å². The van der Waals surface area contributed by atoms with Crippen LogP contribution >= 0.6 is 23.2 Å². The summed E-state index contributed by atoms with van der Waals surface area (Å²) >= 11 is 12.8. The predicted octanol–water partition coefficient (Wildman–Crippen LogP) is 3.89. The highest BCUT2D eigenvalue weighted by atomic mass is 35.5. The Balaban J connectivity index is 1.78. The van der Waals surface area contributed by atoms with E-state index in [0.717, 1.165) is 11.3 Å². The number of rotatable bonds is 11. The Morgan fingerprint density at radius 1 is 1.14 bits per heavy atom.